The Labute approximate surface area is 177 Å². The highest BCUT2D eigenvalue weighted by Crippen LogP contribution is 2.27. The van der Waals surface area contributed by atoms with Gasteiger partial charge >= 0.3 is 5.63 Å². The first kappa shape index (κ1) is 18.7. The van der Waals surface area contributed by atoms with E-state index >= 15 is 0 Å². The van der Waals surface area contributed by atoms with Gasteiger partial charge in [0.1, 0.15) is 5.58 Å². The van der Waals surface area contributed by atoms with Crippen molar-refractivity contribution in [3.8, 4) is 22.5 Å². The molecule has 0 aliphatic rings. The molecular weight excluding hydrogens is 390 g/mol. The molecule has 0 atom stereocenters. The second kappa shape index (κ2) is 7.50. The Hall–Kier alpha value is -4.32. The zero-order chi connectivity index (χ0) is 21.4. The quantitative estimate of drug-likeness (QED) is 0.405. The Kier molecular flexibility index (Phi) is 4.52. The van der Waals surface area contributed by atoms with Crippen molar-refractivity contribution in [2.24, 2.45) is 0 Å². The summed E-state index contributed by atoms with van der Waals surface area (Å²) in [6.45, 7) is 2.00. The third-order valence-electron chi connectivity index (χ3n) is 5.09. The van der Waals surface area contributed by atoms with Gasteiger partial charge < -0.3 is 4.42 Å². The van der Waals surface area contributed by atoms with Crippen molar-refractivity contribution >= 4 is 16.9 Å². The molecular formula is C25H17N3O3. The van der Waals surface area contributed by atoms with Crippen LogP contribution >= 0.6 is 0 Å². The molecule has 150 valence electrons. The standard InChI is InChI=1S/C25H17N3O3/c1-16-6-8-17(9-7-16)21-15-22(28(27-21)24(29)18-10-12-26-13-11-18)20-14-19-4-2-3-5-23(19)31-25(20)30/h2-15H,1H3. The van der Waals surface area contributed by atoms with Gasteiger partial charge in [-0.2, -0.15) is 9.78 Å². The van der Waals surface area contributed by atoms with Crippen LogP contribution in [0, 0.1) is 6.92 Å². The molecule has 6 heteroatoms. The number of para-hydroxylation sites is 1. The Morgan fingerprint density at radius 1 is 0.935 bits per heavy atom. The molecule has 2 aromatic carbocycles. The van der Waals surface area contributed by atoms with Crippen molar-refractivity contribution in [3.05, 3.63) is 107 Å². The van der Waals surface area contributed by atoms with Gasteiger partial charge in [-0.15, -0.1) is 0 Å². The van der Waals surface area contributed by atoms with Crippen LogP contribution in [-0.2, 0) is 0 Å². The largest absolute Gasteiger partial charge is 0.422 e. The van der Waals surface area contributed by atoms with Gasteiger partial charge in [0.25, 0.3) is 5.91 Å². The molecule has 0 saturated heterocycles. The maximum atomic E-state index is 13.3. The molecule has 0 amide bonds. The summed E-state index contributed by atoms with van der Waals surface area (Å²) in [7, 11) is 0. The van der Waals surface area contributed by atoms with Crippen LogP contribution < -0.4 is 5.63 Å². The second-order valence-electron chi connectivity index (χ2n) is 7.22. The number of rotatable bonds is 3. The van der Waals surface area contributed by atoms with Gasteiger partial charge in [-0.25, -0.2) is 4.79 Å². The topological polar surface area (TPSA) is 78.0 Å². The number of fused-ring (bicyclic) bond motifs is 1. The van der Waals surface area contributed by atoms with Gasteiger partial charge in [0.15, 0.2) is 0 Å². The molecule has 5 aromatic rings. The van der Waals surface area contributed by atoms with Gasteiger partial charge in [-0.05, 0) is 37.3 Å². The fraction of sp³-hybridized carbons (Fsp3) is 0.0400. The SMILES string of the molecule is Cc1ccc(-c2cc(-c3cc4ccccc4oc3=O)n(C(=O)c3ccncc3)n2)cc1. The summed E-state index contributed by atoms with van der Waals surface area (Å²) in [6, 6.07) is 21.8. The van der Waals surface area contributed by atoms with E-state index in [-0.39, 0.29) is 11.5 Å². The number of benzene rings is 2. The number of pyridine rings is 1. The first-order valence-electron chi connectivity index (χ1n) is 9.75. The second-order valence-corrected chi connectivity index (χ2v) is 7.22. The van der Waals surface area contributed by atoms with Gasteiger partial charge in [0.2, 0.25) is 0 Å². The molecule has 31 heavy (non-hydrogen) atoms. The summed E-state index contributed by atoms with van der Waals surface area (Å²) in [5.41, 5.74) is 3.57. The highest BCUT2D eigenvalue weighted by atomic mass is 16.4. The highest BCUT2D eigenvalue weighted by Gasteiger charge is 2.21. The van der Waals surface area contributed by atoms with Crippen LogP contribution in [0.25, 0.3) is 33.5 Å². The molecule has 0 aliphatic carbocycles. The van der Waals surface area contributed by atoms with E-state index in [1.165, 1.54) is 4.68 Å². The Morgan fingerprint density at radius 2 is 1.68 bits per heavy atom. The Morgan fingerprint density at radius 3 is 2.45 bits per heavy atom. The van der Waals surface area contributed by atoms with Crippen molar-refractivity contribution in [1.82, 2.24) is 14.8 Å². The molecule has 0 radical (unpaired) electrons. The summed E-state index contributed by atoms with van der Waals surface area (Å²) in [5, 5.41) is 5.31. The van der Waals surface area contributed by atoms with Crippen LogP contribution in [0.15, 0.2) is 94.4 Å². The van der Waals surface area contributed by atoms with E-state index in [0.29, 0.717) is 22.5 Å². The minimum Gasteiger partial charge on any atom is -0.422 e. The summed E-state index contributed by atoms with van der Waals surface area (Å²) in [6.07, 6.45) is 3.09. The maximum Gasteiger partial charge on any atom is 0.345 e. The lowest BCUT2D eigenvalue weighted by atomic mass is 10.1. The van der Waals surface area contributed by atoms with Crippen molar-refractivity contribution in [2.45, 2.75) is 6.92 Å². The van der Waals surface area contributed by atoms with Crippen molar-refractivity contribution in [1.29, 1.82) is 0 Å². The van der Waals surface area contributed by atoms with E-state index in [4.69, 9.17) is 4.42 Å². The molecule has 3 heterocycles. The molecule has 0 aliphatic heterocycles. The number of carbonyl (C=O) groups excluding carboxylic acids is 1. The summed E-state index contributed by atoms with van der Waals surface area (Å²) in [4.78, 5) is 30.0. The lowest BCUT2D eigenvalue weighted by Gasteiger charge is -2.06. The normalized spacial score (nSPS) is 11.0. The van der Waals surface area contributed by atoms with E-state index in [1.807, 2.05) is 43.3 Å². The van der Waals surface area contributed by atoms with Gasteiger partial charge in [0.05, 0.1) is 17.0 Å². The van der Waals surface area contributed by atoms with Crippen LogP contribution in [-0.4, -0.2) is 20.7 Å². The first-order valence-corrected chi connectivity index (χ1v) is 9.75. The maximum absolute atomic E-state index is 13.3. The summed E-state index contributed by atoms with van der Waals surface area (Å²) in [5.74, 6) is -0.358. The van der Waals surface area contributed by atoms with E-state index in [2.05, 4.69) is 10.1 Å². The zero-order valence-electron chi connectivity index (χ0n) is 16.6. The van der Waals surface area contributed by atoms with Crippen molar-refractivity contribution in [3.63, 3.8) is 0 Å². The number of aromatic nitrogens is 3. The molecule has 0 bridgehead atoms. The minimum absolute atomic E-state index is 0.270. The predicted octanol–water partition coefficient (Wildman–Crippen LogP) is 4.72. The van der Waals surface area contributed by atoms with Crippen LogP contribution in [0.2, 0.25) is 0 Å². The smallest absolute Gasteiger partial charge is 0.345 e. The van der Waals surface area contributed by atoms with E-state index in [9.17, 15) is 9.59 Å². The molecule has 0 fully saturated rings. The fourth-order valence-corrected chi connectivity index (χ4v) is 3.45. The minimum atomic E-state index is -0.530. The molecule has 5 rings (SSSR count). The predicted molar refractivity (Wildman–Crippen MR) is 118 cm³/mol. The van der Waals surface area contributed by atoms with E-state index in [0.717, 1.165) is 16.5 Å². The van der Waals surface area contributed by atoms with Crippen LogP contribution in [0.4, 0.5) is 0 Å². The number of aryl methyl sites for hydroxylation is 1. The number of hydrogen-bond acceptors (Lipinski definition) is 5. The summed E-state index contributed by atoms with van der Waals surface area (Å²) >= 11 is 0. The summed E-state index contributed by atoms with van der Waals surface area (Å²) < 4.78 is 6.76. The van der Waals surface area contributed by atoms with E-state index < -0.39 is 5.63 Å². The fourth-order valence-electron chi connectivity index (χ4n) is 3.45. The molecule has 0 saturated carbocycles. The molecule has 6 nitrogen and oxygen atoms in total. The number of nitrogens with zero attached hydrogens (tertiary/aromatic N) is 3. The van der Waals surface area contributed by atoms with Gasteiger partial charge in [-0.3, -0.25) is 9.78 Å². The number of hydrogen-bond donors (Lipinski definition) is 0. The van der Waals surface area contributed by atoms with Crippen LogP contribution in [0.5, 0.6) is 0 Å². The monoisotopic (exact) mass is 407 g/mol. The lowest BCUT2D eigenvalue weighted by molar-refractivity contribution is 0.0947. The zero-order valence-corrected chi connectivity index (χ0v) is 16.6. The average molecular weight is 407 g/mol. The lowest BCUT2D eigenvalue weighted by Crippen LogP contribution is -2.17. The third kappa shape index (κ3) is 3.44. The molecule has 3 aromatic heterocycles. The average Bonchev–Trinajstić information content (AvgIpc) is 3.24. The third-order valence-corrected chi connectivity index (χ3v) is 5.09. The molecule has 0 unspecified atom stereocenters. The van der Waals surface area contributed by atoms with Gasteiger partial charge in [-0.1, -0.05) is 48.0 Å². The Bertz CT molecular complexity index is 1470. The van der Waals surface area contributed by atoms with Crippen LogP contribution in [0.1, 0.15) is 15.9 Å². The highest BCUT2D eigenvalue weighted by molar-refractivity contribution is 5.98. The van der Waals surface area contributed by atoms with E-state index in [1.54, 1.807) is 48.8 Å². The Balaban J connectivity index is 1.74. The molecule has 0 N–H and O–H groups in total. The van der Waals surface area contributed by atoms with Crippen molar-refractivity contribution < 1.29 is 9.21 Å². The number of carbonyl (C=O) groups is 1. The van der Waals surface area contributed by atoms with Gasteiger partial charge in [0, 0.05) is 28.9 Å². The molecule has 0 spiro atoms. The first-order chi connectivity index (χ1) is 15.1. The van der Waals surface area contributed by atoms with Crippen molar-refractivity contribution in [2.75, 3.05) is 0 Å². The van der Waals surface area contributed by atoms with Crippen LogP contribution in [0.3, 0.4) is 0 Å².